The molecule has 1 aliphatic carbocycles. The summed E-state index contributed by atoms with van der Waals surface area (Å²) in [4.78, 5) is 2.33. The fourth-order valence-electron chi connectivity index (χ4n) is 2.61. The van der Waals surface area contributed by atoms with Gasteiger partial charge in [-0.05, 0) is 61.1 Å². The number of benzene rings is 2. The highest BCUT2D eigenvalue weighted by atomic mass is 32.2. The molecular formula is C17H15NS. The van der Waals surface area contributed by atoms with Gasteiger partial charge in [-0.2, -0.15) is 5.26 Å². The number of hydrogen-bond acceptors (Lipinski definition) is 2. The van der Waals surface area contributed by atoms with Crippen LogP contribution in [0.5, 0.6) is 0 Å². The van der Waals surface area contributed by atoms with Crippen molar-refractivity contribution in [3.63, 3.8) is 0 Å². The summed E-state index contributed by atoms with van der Waals surface area (Å²) in [6.45, 7) is 2.07. The van der Waals surface area contributed by atoms with Gasteiger partial charge in [-0.15, -0.1) is 0 Å². The maximum atomic E-state index is 9.21. The van der Waals surface area contributed by atoms with Crippen molar-refractivity contribution in [1.29, 1.82) is 5.26 Å². The molecule has 0 unspecified atom stereocenters. The molecule has 0 atom stereocenters. The minimum absolute atomic E-state index is 0.769. The molecule has 0 spiro atoms. The summed E-state index contributed by atoms with van der Waals surface area (Å²) in [5.41, 5.74) is 4.92. The van der Waals surface area contributed by atoms with Gasteiger partial charge >= 0.3 is 0 Å². The second kappa shape index (κ2) is 5.11. The molecule has 0 saturated carbocycles. The number of aryl methyl sites for hydroxylation is 3. The summed E-state index contributed by atoms with van der Waals surface area (Å²) < 4.78 is 0. The standard InChI is InChI=1S/C17H15NS/c1-12-4-2-7-15(11-18)17(12)19-16-9-8-13-5-3-6-14(13)10-16/h2,4,7-10H,3,5-6H2,1H3. The van der Waals surface area contributed by atoms with E-state index in [1.165, 1.54) is 40.8 Å². The van der Waals surface area contributed by atoms with Gasteiger partial charge in [0, 0.05) is 9.79 Å². The van der Waals surface area contributed by atoms with Gasteiger partial charge in [-0.25, -0.2) is 0 Å². The fraction of sp³-hybridized carbons (Fsp3) is 0.235. The molecule has 1 aliphatic rings. The first-order valence-corrected chi connectivity index (χ1v) is 7.39. The van der Waals surface area contributed by atoms with Crippen LogP contribution in [0.1, 0.15) is 28.7 Å². The Hall–Kier alpha value is -1.72. The normalized spacial score (nSPS) is 13.1. The molecule has 0 bridgehead atoms. The molecule has 2 aromatic carbocycles. The van der Waals surface area contributed by atoms with E-state index in [0.29, 0.717) is 0 Å². The molecule has 94 valence electrons. The highest BCUT2D eigenvalue weighted by molar-refractivity contribution is 7.99. The molecule has 0 radical (unpaired) electrons. The van der Waals surface area contributed by atoms with Gasteiger partial charge in [0.1, 0.15) is 6.07 Å². The summed E-state index contributed by atoms with van der Waals surface area (Å²) in [5.74, 6) is 0. The molecule has 19 heavy (non-hydrogen) atoms. The molecule has 2 aromatic rings. The van der Waals surface area contributed by atoms with Crippen LogP contribution in [-0.2, 0) is 12.8 Å². The lowest BCUT2D eigenvalue weighted by molar-refractivity contribution is 0.911. The molecule has 0 aromatic heterocycles. The number of fused-ring (bicyclic) bond motifs is 1. The number of rotatable bonds is 2. The van der Waals surface area contributed by atoms with Crippen molar-refractivity contribution in [1.82, 2.24) is 0 Å². The topological polar surface area (TPSA) is 23.8 Å². The van der Waals surface area contributed by atoms with Crippen LogP contribution in [0.25, 0.3) is 0 Å². The highest BCUT2D eigenvalue weighted by Crippen LogP contribution is 2.35. The Balaban J connectivity index is 1.96. The van der Waals surface area contributed by atoms with Crippen molar-refractivity contribution in [3.8, 4) is 6.07 Å². The van der Waals surface area contributed by atoms with Crippen LogP contribution in [0.2, 0.25) is 0 Å². The quantitative estimate of drug-likeness (QED) is 0.798. The van der Waals surface area contributed by atoms with Crippen LogP contribution in [-0.4, -0.2) is 0 Å². The maximum Gasteiger partial charge on any atom is 0.100 e. The van der Waals surface area contributed by atoms with Crippen molar-refractivity contribution >= 4 is 11.8 Å². The van der Waals surface area contributed by atoms with E-state index in [1.807, 2.05) is 12.1 Å². The first kappa shape index (κ1) is 12.3. The molecule has 0 N–H and O–H groups in total. The SMILES string of the molecule is Cc1cccc(C#N)c1Sc1ccc2c(c1)CCC2. The lowest BCUT2D eigenvalue weighted by Crippen LogP contribution is -1.87. The maximum absolute atomic E-state index is 9.21. The minimum Gasteiger partial charge on any atom is -0.192 e. The van der Waals surface area contributed by atoms with Gasteiger partial charge in [0.2, 0.25) is 0 Å². The van der Waals surface area contributed by atoms with E-state index in [2.05, 4.69) is 37.3 Å². The average molecular weight is 265 g/mol. The van der Waals surface area contributed by atoms with E-state index in [4.69, 9.17) is 0 Å². The third kappa shape index (κ3) is 2.39. The molecule has 0 heterocycles. The number of nitrogens with zero attached hydrogens (tertiary/aromatic N) is 1. The second-order valence-electron chi connectivity index (χ2n) is 4.95. The fourth-order valence-corrected chi connectivity index (χ4v) is 3.63. The highest BCUT2D eigenvalue weighted by Gasteiger charge is 2.13. The zero-order valence-corrected chi connectivity index (χ0v) is 11.8. The molecular weight excluding hydrogens is 250 g/mol. The van der Waals surface area contributed by atoms with Gasteiger partial charge < -0.3 is 0 Å². The van der Waals surface area contributed by atoms with Crippen LogP contribution < -0.4 is 0 Å². The predicted octanol–water partition coefficient (Wildman–Crippen LogP) is 4.51. The average Bonchev–Trinajstić information content (AvgIpc) is 2.88. The minimum atomic E-state index is 0.769. The Labute approximate surface area is 118 Å². The van der Waals surface area contributed by atoms with E-state index in [-0.39, 0.29) is 0 Å². The van der Waals surface area contributed by atoms with Crippen LogP contribution in [0, 0.1) is 18.3 Å². The van der Waals surface area contributed by atoms with Crippen LogP contribution in [0.4, 0.5) is 0 Å². The molecule has 0 saturated heterocycles. The third-order valence-electron chi connectivity index (χ3n) is 3.62. The summed E-state index contributed by atoms with van der Waals surface area (Å²) in [7, 11) is 0. The van der Waals surface area contributed by atoms with Gasteiger partial charge in [0.25, 0.3) is 0 Å². The lowest BCUT2D eigenvalue weighted by atomic mass is 10.1. The van der Waals surface area contributed by atoms with Crippen LogP contribution in [0.15, 0.2) is 46.2 Å². The first-order valence-electron chi connectivity index (χ1n) is 6.57. The zero-order valence-electron chi connectivity index (χ0n) is 10.9. The second-order valence-corrected chi connectivity index (χ2v) is 6.03. The molecule has 2 heteroatoms. The third-order valence-corrected chi connectivity index (χ3v) is 4.86. The molecule has 3 rings (SSSR count). The summed E-state index contributed by atoms with van der Waals surface area (Å²) in [6.07, 6.45) is 3.69. The Morgan fingerprint density at radius 2 is 1.95 bits per heavy atom. The molecule has 1 nitrogen and oxygen atoms in total. The van der Waals surface area contributed by atoms with E-state index < -0.39 is 0 Å². The summed E-state index contributed by atoms with van der Waals surface area (Å²) in [6, 6.07) is 14.9. The molecule has 0 aliphatic heterocycles. The lowest BCUT2D eigenvalue weighted by Gasteiger charge is -2.09. The van der Waals surface area contributed by atoms with Crippen LogP contribution >= 0.6 is 11.8 Å². The van der Waals surface area contributed by atoms with Crippen LogP contribution in [0.3, 0.4) is 0 Å². The number of nitriles is 1. The Bertz CT molecular complexity index is 667. The van der Waals surface area contributed by atoms with Crippen molar-refractivity contribution in [2.75, 3.05) is 0 Å². The van der Waals surface area contributed by atoms with E-state index in [1.54, 1.807) is 11.8 Å². The van der Waals surface area contributed by atoms with Gasteiger partial charge in [0.15, 0.2) is 0 Å². The monoisotopic (exact) mass is 265 g/mol. The zero-order chi connectivity index (χ0) is 13.2. The molecule has 0 fully saturated rings. The Morgan fingerprint density at radius 1 is 1.11 bits per heavy atom. The smallest absolute Gasteiger partial charge is 0.100 e. The van der Waals surface area contributed by atoms with Crippen molar-refractivity contribution in [2.24, 2.45) is 0 Å². The predicted molar refractivity (Wildman–Crippen MR) is 78.5 cm³/mol. The van der Waals surface area contributed by atoms with Crippen molar-refractivity contribution in [2.45, 2.75) is 36.0 Å². The van der Waals surface area contributed by atoms with Gasteiger partial charge in [-0.3, -0.25) is 0 Å². The van der Waals surface area contributed by atoms with Crippen molar-refractivity contribution < 1.29 is 0 Å². The Morgan fingerprint density at radius 3 is 2.79 bits per heavy atom. The van der Waals surface area contributed by atoms with E-state index >= 15 is 0 Å². The van der Waals surface area contributed by atoms with Gasteiger partial charge in [-0.1, -0.05) is 30.0 Å². The van der Waals surface area contributed by atoms with E-state index in [9.17, 15) is 5.26 Å². The van der Waals surface area contributed by atoms with Crippen molar-refractivity contribution in [3.05, 3.63) is 58.7 Å². The number of hydrogen-bond donors (Lipinski definition) is 0. The largest absolute Gasteiger partial charge is 0.192 e. The molecule has 0 amide bonds. The first-order chi connectivity index (χ1) is 9.28. The van der Waals surface area contributed by atoms with Gasteiger partial charge in [0.05, 0.1) is 5.56 Å². The Kier molecular flexibility index (Phi) is 3.31. The summed E-state index contributed by atoms with van der Waals surface area (Å²) in [5, 5.41) is 9.21. The van der Waals surface area contributed by atoms with E-state index in [0.717, 1.165) is 10.5 Å². The summed E-state index contributed by atoms with van der Waals surface area (Å²) >= 11 is 1.71.